The molecule has 18 heavy (non-hydrogen) atoms. The molecule has 1 aromatic rings. The number of nitrogens with two attached hydrogens (primary N) is 1. The first-order chi connectivity index (χ1) is 8.57. The van der Waals surface area contributed by atoms with Crippen molar-refractivity contribution in [2.45, 2.75) is 19.6 Å². The van der Waals surface area contributed by atoms with E-state index in [1.165, 1.54) is 24.3 Å². The zero-order chi connectivity index (χ0) is 13.6. The fraction of sp³-hybridized carbons (Fsp3) is 0.455. The van der Waals surface area contributed by atoms with Crippen molar-refractivity contribution in [3.05, 3.63) is 35.6 Å². The zero-order valence-corrected chi connectivity index (χ0v) is 11.3. The fourth-order valence-corrected chi connectivity index (χ4v) is 3.37. The van der Waals surface area contributed by atoms with Crippen LogP contribution in [0.2, 0.25) is 0 Å². The van der Waals surface area contributed by atoms with Crippen molar-refractivity contribution in [2.24, 2.45) is 5.84 Å². The Morgan fingerprint density at radius 1 is 1.28 bits per heavy atom. The van der Waals surface area contributed by atoms with Gasteiger partial charge >= 0.3 is 7.60 Å². The average Bonchev–Trinajstić information content (AvgIpc) is 2.33. The van der Waals surface area contributed by atoms with Gasteiger partial charge in [-0.3, -0.25) is 10.4 Å². The molecule has 0 amide bonds. The Kier molecular flexibility index (Phi) is 5.91. The van der Waals surface area contributed by atoms with Gasteiger partial charge in [0.15, 0.2) is 0 Å². The molecule has 1 atom stereocenters. The van der Waals surface area contributed by atoms with E-state index in [-0.39, 0.29) is 19.0 Å². The lowest BCUT2D eigenvalue weighted by Gasteiger charge is -2.25. The van der Waals surface area contributed by atoms with Crippen molar-refractivity contribution >= 4 is 7.60 Å². The lowest BCUT2D eigenvalue weighted by atomic mass is 10.2. The van der Waals surface area contributed by atoms with Crippen LogP contribution in [-0.2, 0) is 13.6 Å². The Hall–Kier alpha value is -0.780. The van der Waals surface area contributed by atoms with Crippen molar-refractivity contribution in [3.63, 3.8) is 0 Å². The number of hydrogen-bond donors (Lipinski definition) is 2. The van der Waals surface area contributed by atoms with Crippen LogP contribution in [-0.4, -0.2) is 13.2 Å². The van der Waals surface area contributed by atoms with E-state index < -0.39 is 13.4 Å². The number of rotatable bonds is 7. The van der Waals surface area contributed by atoms with Gasteiger partial charge < -0.3 is 9.05 Å². The Morgan fingerprint density at radius 3 is 2.17 bits per heavy atom. The zero-order valence-electron chi connectivity index (χ0n) is 10.4. The molecule has 0 aromatic heterocycles. The van der Waals surface area contributed by atoms with Crippen molar-refractivity contribution in [1.82, 2.24) is 5.43 Å². The van der Waals surface area contributed by atoms with E-state index in [1.807, 2.05) is 0 Å². The topological polar surface area (TPSA) is 73.6 Å². The lowest BCUT2D eigenvalue weighted by molar-refractivity contribution is 0.207. The molecule has 1 unspecified atom stereocenters. The third kappa shape index (κ3) is 3.60. The molecule has 0 heterocycles. The van der Waals surface area contributed by atoms with E-state index in [0.717, 1.165) is 0 Å². The minimum absolute atomic E-state index is 0.233. The summed E-state index contributed by atoms with van der Waals surface area (Å²) in [5.41, 5.74) is 2.96. The maximum absolute atomic E-state index is 12.9. The number of hydrazine groups is 1. The summed E-state index contributed by atoms with van der Waals surface area (Å²) in [4.78, 5) is 0. The highest BCUT2D eigenvalue weighted by Crippen LogP contribution is 2.59. The molecule has 1 rings (SSSR count). The standard InChI is InChI=1S/C11H18FN2O3P/c1-3-16-18(15,17-4-2)11(14-13)9-5-7-10(12)8-6-9/h5-8,11,14H,3-4,13H2,1-2H3. The van der Waals surface area contributed by atoms with Crippen LogP contribution in [0.25, 0.3) is 0 Å². The van der Waals surface area contributed by atoms with Crippen molar-refractivity contribution < 1.29 is 18.0 Å². The molecule has 102 valence electrons. The highest BCUT2D eigenvalue weighted by molar-refractivity contribution is 7.54. The minimum Gasteiger partial charge on any atom is -0.308 e. The quantitative estimate of drug-likeness (QED) is 0.455. The van der Waals surface area contributed by atoms with Gasteiger partial charge in [0.25, 0.3) is 0 Å². The summed E-state index contributed by atoms with van der Waals surface area (Å²) in [6, 6.07) is 5.51. The van der Waals surface area contributed by atoms with Gasteiger partial charge in [0, 0.05) is 0 Å². The average molecular weight is 276 g/mol. The van der Waals surface area contributed by atoms with Crippen LogP contribution in [0, 0.1) is 5.82 Å². The van der Waals surface area contributed by atoms with Crippen LogP contribution in [0.5, 0.6) is 0 Å². The monoisotopic (exact) mass is 276 g/mol. The second kappa shape index (κ2) is 6.97. The van der Waals surface area contributed by atoms with Gasteiger partial charge in [-0.05, 0) is 31.5 Å². The summed E-state index contributed by atoms with van der Waals surface area (Å²) >= 11 is 0. The summed E-state index contributed by atoms with van der Waals surface area (Å²) in [5.74, 6) is 4.21. The van der Waals surface area contributed by atoms with Gasteiger partial charge in [-0.1, -0.05) is 12.1 Å². The van der Waals surface area contributed by atoms with Crippen molar-refractivity contribution in [2.75, 3.05) is 13.2 Å². The maximum Gasteiger partial charge on any atom is 0.353 e. The van der Waals surface area contributed by atoms with E-state index in [2.05, 4.69) is 5.43 Å². The fourth-order valence-electron chi connectivity index (χ4n) is 1.56. The highest BCUT2D eigenvalue weighted by atomic mass is 31.2. The molecule has 1 aromatic carbocycles. The third-order valence-corrected chi connectivity index (χ3v) is 4.59. The molecule has 0 radical (unpaired) electrons. The summed E-state index contributed by atoms with van der Waals surface area (Å²) in [6.07, 6.45) is 0. The molecule has 0 aliphatic heterocycles. The summed E-state index contributed by atoms with van der Waals surface area (Å²) < 4.78 is 35.8. The minimum atomic E-state index is -3.43. The number of halogens is 1. The van der Waals surface area contributed by atoms with Crippen molar-refractivity contribution in [3.8, 4) is 0 Å². The summed E-state index contributed by atoms with van der Waals surface area (Å²) in [6.45, 7) is 3.89. The van der Waals surface area contributed by atoms with E-state index in [0.29, 0.717) is 5.56 Å². The third-order valence-electron chi connectivity index (χ3n) is 2.28. The van der Waals surface area contributed by atoms with Gasteiger partial charge in [-0.15, -0.1) is 0 Å². The lowest BCUT2D eigenvalue weighted by Crippen LogP contribution is -2.29. The molecule has 0 spiro atoms. The van der Waals surface area contributed by atoms with Crippen LogP contribution < -0.4 is 11.3 Å². The molecule has 3 N–H and O–H groups in total. The molecular formula is C11H18FN2O3P. The van der Waals surface area contributed by atoms with Gasteiger partial charge in [0.05, 0.1) is 13.2 Å². The number of hydrogen-bond acceptors (Lipinski definition) is 5. The van der Waals surface area contributed by atoms with Crippen LogP contribution in [0.15, 0.2) is 24.3 Å². The second-order valence-electron chi connectivity index (χ2n) is 3.50. The SMILES string of the molecule is CCOP(=O)(OCC)C(NN)c1ccc(F)cc1. The van der Waals surface area contributed by atoms with E-state index in [9.17, 15) is 8.96 Å². The normalized spacial score (nSPS) is 13.6. The molecule has 0 fully saturated rings. The van der Waals surface area contributed by atoms with Crippen LogP contribution >= 0.6 is 7.60 Å². The largest absolute Gasteiger partial charge is 0.353 e. The number of nitrogens with one attached hydrogen (secondary N) is 1. The highest BCUT2D eigenvalue weighted by Gasteiger charge is 2.36. The Bertz CT molecular complexity index is 403. The van der Waals surface area contributed by atoms with Gasteiger partial charge in [0.1, 0.15) is 11.6 Å². The predicted molar refractivity (Wildman–Crippen MR) is 67.3 cm³/mol. The maximum atomic E-state index is 12.9. The summed E-state index contributed by atoms with van der Waals surface area (Å²) in [7, 11) is -3.43. The Morgan fingerprint density at radius 2 is 1.78 bits per heavy atom. The molecule has 0 saturated carbocycles. The molecule has 5 nitrogen and oxygen atoms in total. The van der Waals surface area contributed by atoms with Crippen LogP contribution in [0.1, 0.15) is 25.2 Å². The molecule has 0 bridgehead atoms. The Balaban J connectivity index is 3.05. The first-order valence-electron chi connectivity index (χ1n) is 5.67. The first-order valence-corrected chi connectivity index (χ1v) is 7.29. The van der Waals surface area contributed by atoms with Gasteiger partial charge in [-0.2, -0.15) is 0 Å². The van der Waals surface area contributed by atoms with Gasteiger partial charge in [0.2, 0.25) is 0 Å². The van der Waals surface area contributed by atoms with E-state index >= 15 is 0 Å². The predicted octanol–water partition coefficient (Wildman–Crippen LogP) is 2.55. The van der Waals surface area contributed by atoms with Crippen molar-refractivity contribution in [1.29, 1.82) is 0 Å². The van der Waals surface area contributed by atoms with Gasteiger partial charge in [-0.25, -0.2) is 9.82 Å². The Labute approximate surface area is 106 Å². The molecule has 0 aliphatic carbocycles. The van der Waals surface area contributed by atoms with Crippen LogP contribution in [0.4, 0.5) is 4.39 Å². The van der Waals surface area contributed by atoms with E-state index in [4.69, 9.17) is 14.9 Å². The van der Waals surface area contributed by atoms with E-state index in [1.54, 1.807) is 13.8 Å². The molecule has 0 aliphatic rings. The molecular weight excluding hydrogens is 258 g/mol. The second-order valence-corrected chi connectivity index (χ2v) is 5.61. The van der Waals surface area contributed by atoms with Crippen LogP contribution in [0.3, 0.4) is 0 Å². The first kappa shape index (κ1) is 15.3. The molecule has 7 heteroatoms. The number of benzene rings is 1. The summed E-state index contributed by atoms with van der Waals surface area (Å²) in [5, 5.41) is 0. The smallest absolute Gasteiger partial charge is 0.308 e. The molecule has 0 saturated heterocycles.